The molecule has 0 saturated carbocycles. The van der Waals surface area contributed by atoms with Crippen molar-refractivity contribution in [2.24, 2.45) is 0 Å². The molecule has 2 heteroatoms. The first-order valence-corrected chi connectivity index (χ1v) is 8.57. The molecule has 16 heavy (non-hydrogen) atoms. The van der Waals surface area contributed by atoms with Crippen molar-refractivity contribution in [1.29, 1.82) is 0 Å². The topological polar surface area (TPSA) is 0 Å². The summed E-state index contributed by atoms with van der Waals surface area (Å²) in [6, 6.07) is 0. The van der Waals surface area contributed by atoms with Crippen LogP contribution >= 0.6 is 27.5 Å². The summed E-state index contributed by atoms with van der Waals surface area (Å²) in [7, 11) is 0. The summed E-state index contributed by atoms with van der Waals surface area (Å²) in [5.41, 5.74) is 0. The fourth-order valence-corrected chi connectivity index (χ4v) is 2.41. The normalized spacial score (nSPS) is 12.9. The van der Waals surface area contributed by atoms with Crippen LogP contribution in [0.25, 0.3) is 0 Å². The molecule has 0 aromatic rings. The Labute approximate surface area is 116 Å². The van der Waals surface area contributed by atoms with Crippen LogP contribution in [0, 0.1) is 0 Å². The van der Waals surface area contributed by atoms with Gasteiger partial charge in [0.15, 0.2) is 0 Å². The average molecular weight is 312 g/mol. The second kappa shape index (κ2) is 13.8. The SMILES string of the molecule is CCCCCCCCCCCCC(Cl)CBr. The standard InChI is InChI=1S/C14H28BrCl/c1-2-3-4-5-6-7-8-9-10-11-12-14(16)13-15/h14H,2-13H2,1H3. The number of halogens is 2. The van der Waals surface area contributed by atoms with Gasteiger partial charge in [-0.25, -0.2) is 0 Å². The fourth-order valence-electron chi connectivity index (χ4n) is 1.93. The quantitative estimate of drug-likeness (QED) is 0.293. The van der Waals surface area contributed by atoms with Crippen molar-refractivity contribution in [3.05, 3.63) is 0 Å². The Morgan fingerprint density at radius 3 is 1.69 bits per heavy atom. The highest BCUT2D eigenvalue weighted by atomic mass is 79.9. The summed E-state index contributed by atoms with van der Waals surface area (Å²) in [6.07, 6.45) is 15.2. The van der Waals surface area contributed by atoms with Crippen molar-refractivity contribution in [1.82, 2.24) is 0 Å². The summed E-state index contributed by atoms with van der Waals surface area (Å²) in [6.45, 7) is 2.27. The molecular formula is C14H28BrCl. The van der Waals surface area contributed by atoms with Crippen LogP contribution in [0.3, 0.4) is 0 Å². The Morgan fingerprint density at radius 2 is 1.25 bits per heavy atom. The van der Waals surface area contributed by atoms with E-state index < -0.39 is 0 Å². The largest absolute Gasteiger partial charge is 0.122 e. The number of rotatable bonds is 12. The summed E-state index contributed by atoms with van der Waals surface area (Å²) in [4.78, 5) is 0. The van der Waals surface area contributed by atoms with E-state index in [4.69, 9.17) is 11.6 Å². The van der Waals surface area contributed by atoms with Crippen molar-refractivity contribution in [2.75, 3.05) is 5.33 Å². The molecule has 0 bridgehead atoms. The van der Waals surface area contributed by atoms with Gasteiger partial charge in [0.1, 0.15) is 0 Å². The Balaban J connectivity index is 2.93. The second-order valence-corrected chi connectivity index (χ2v) is 5.99. The molecule has 1 atom stereocenters. The molecule has 0 aliphatic carbocycles. The summed E-state index contributed by atoms with van der Waals surface area (Å²) < 4.78 is 0. The minimum Gasteiger partial charge on any atom is -0.122 e. The van der Waals surface area contributed by atoms with Crippen LogP contribution in [0.4, 0.5) is 0 Å². The fraction of sp³-hybridized carbons (Fsp3) is 1.00. The lowest BCUT2D eigenvalue weighted by Gasteiger charge is -2.05. The average Bonchev–Trinajstić information content (AvgIpc) is 2.31. The Morgan fingerprint density at radius 1 is 0.812 bits per heavy atom. The van der Waals surface area contributed by atoms with Gasteiger partial charge in [0.05, 0.1) is 0 Å². The molecule has 0 aromatic carbocycles. The molecule has 0 fully saturated rings. The number of unbranched alkanes of at least 4 members (excludes halogenated alkanes) is 9. The molecule has 0 spiro atoms. The minimum atomic E-state index is 0.342. The first-order valence-electron chi connectivity index (χ1n) is 7.01. The van der Waals surface area contributed by atoms with Crippen LogP contribution in [0.5, 0.6) is 0 Å². The lowest BCUT2D eigenvalue weighted by Crippen LogP contribution is -1.98. The summed E-state index contributed by atoms with van der Waals surface area (Å²) in [5, 5.41) is 1.28. The molecule has 0 N–H and O–H groups in total. The molecule has 0 radical (unpaired) electrons. The molecule has 0 amide bonds. The molecule has 0 nitrogen and oxygen atoms in total. The first-order chi connectivity index (χ1) is 7.81. The zero-order valence-corrected chi connectivity index (χ0v) is 13.2. The van der Waals surface area contributed by atoms with Gasteiger partial charge in [0, 0.05) is 10.7 Å². The molecule has 98 valence electrons. The van der Waals surface area contributed by atoms with Crippen molar-refractivity contribution >= 4 is 27.5 Å². The van der Waals surface area contributed by atoms with Crippen LogP contribution in [0.1, 0.15) is 77.6 Å². The third-order valence-electron chi connectivity index (χ3n) is 3.04. The van der Waals surface area contributed by atoms with Crippen molar-refractivity contribution in [3.63, 3.8) is 0 Å². The van der Waals surface area contributed by atoms with Crippen molar-refractivity contribution in [3.8, 4) is 0 Å². The van der Waals surface area contributed by atoms with E-state index in [2.05, 4.69) is 22.9 Å². The molecule has 0 aliphatic heterocycles. The third-order valence-corrected chi connectivity index (χ3v) is 4.57. The highest BCUT2D eigenvalue weighted by molar-refractivity contribution is 9.09. The Hall–Kier alpha value is 0.770. The Bertz CT molecular complexity index is 128. The lowest BCUT2D eigenvalue weighted by atomic mass is 10.1. The van der Waals surface area contributed by atoms with Crippen LogP contribution in [-0.4, -0.2) is 10.7 Å². The predicted octanol–water partition coefficient (Wildman–Crippen LogP) is 6.30. The third kappa shape index (κ3) is 12.8. The second-order valence-electron chi connectivity index (χ2n) is 4.72. The highest BCUT2D eigenvalue weighted by Crippen LogP contribution is 2.14. The van der Waals surface area contributed by atoms with Gasteiger partial charge in [-0.05, 0) is 6.42 Å². The van der Waals surface area contributed by atoms with E-state index >= 15 is 0 Å². The van der Waals surface area contributed by atoms with E-state index in [0.717, 1.165) is 5.33 Å². The smallest absolute Gasteiger partial charge is 0.0432 e. The van der Waals surface area contributed by atoms with E-state index in [1.165, 1.54) is 70.6 Å². The zero-order chi connectivity index (χ0) is 12.1. The van der Waals surface area contributed by atoms with E-state index in [-0.39, 0.29) is 0 Å². The number of hydrogen-bond acceptors (Lipinski definition) is 0. The maximum Gasteiger partial charge on any atom is 0.0432 e. The first kappa shape index (κ1) is 16.8. The van der Waals surface area contributed by atoms with E-state index in [1.54, 1.807) is 0 Å². The molecule has 0 rings (SSSR count). The summed E-state index contributed by atoms with van der Waals surface area (Å²) >= 11 is 9.44. The Kier molecular flexibility index (Phi) is 14.5. The van der Waals surface area contributed by atoms with Crippen LogP contribution in [-0.2, 0) is 0 Å². The molecule has 0 saturated heterocycles. The van der Waals surface area contributed by atoms with Gasteiger partial charge in [-0.15, -0.1) is 11.6 Å². The van der Waals surface area contributed by atoms with Gasteiger partial charge in [0.2, 0.25) is 0 Å². The molecule has 0 aliphatic rings. The maximum atomic E-state index is 6.03. The molecule has 0 heterocycles. The predicted molar refractivity (Wildman–Crippen MR) is 79.9 cm³/mol. The minimum absolute atomic E-state index is 0.342. The van der Waals surface area contributed by atoms with Crippen LogP contribution in [0.15, 0.2) is 0 Å². The van der Waals surface area contributed by atoms with E-state index in [9.17, 15) is 0 Å². The lowest BCUT2D eigenvalue weighted by molar-refractivity contribution is 0.549. The molecular weight excluding hydrogens is 284 g/mol. The summed E-state index contributed by atoms with van der Waals surface area (Å²) in [5.74, 6) is 0. The monoisotopic (exact) mass is 310 g/mol. The van der Waals surface area contributed by atoms with Crippen molar-refractivity contribution in [2.45, 2.75) is 82.9 Å². The number of alkyl halides is 2. The van der Waals surface area contributed by atoms with Crippen LogP contribution in [0.2, 0.25) is 0 Å². The van der Waals surface area contributed by atoms with E-state index in [1.807, 2.05) is 0 Å². The zero-order valence-electron chi connectivity index (χ0n) is 10.8. The van der Waals surface area contributed by atoms with Gasteiger partial charge in [-0.3, -0.25) is 0 Å². The number of hydrogen-bond donors (Lipinski definition) is 0. The van der Waals surface area contributed by atoms with Gasteiger partial charge in [-0.1, -0.05) is 87.1 Å². The van der Waals surface area contributed by atoms with E-state index in [0.29, 0.717) is 5.38 Å². The van der Waals surface area contributed by atoms with Gasteiger partial charge >= 0.3 is 0 Å². The van der Waals surface area contributed by atoms with Gasteiger partial charge in [-0.2, -0.15) is 0 Å². The van der Waals surface area contributed by atoms with Gasteiger partial charge < -0.3 is 0 Å². The molecule has 0 aromatic heterocycles. The highest BCUT2D eigenvalue weighted by Gasteiger charge is 2.00. The maximum absolute atomic E-state index is 6.03. The molecule has 1 unspecified atom stereocenters. The van der Waals surface area contributed by atoms with Crippen LogP contribution < -0.4 is 0 Å². The van der Waals surface area contributed by atoms with Crippen molar-refractivity contribution < 1.29 is 0 Å². The van der Waals surface area contributed by atoms with Gasteiger partial charge in [0.25, 0.3) is 0 Å².